The topological polar surface area (TPSA) is 117 Å². The molecular weight excluding hydrogens is 446 g/mol. The highest BCUT2D eigenvalue weighted by molar-refractivity contribution is 6.06. The Kier molecular flexibility index (Phi) is 8.97. The van der Waals surface area contributed by atoms with Gasteiger partial charge in [-0.2, -0.15) is 0 Å². The zero-order valence-corrected chi connectivity index (χ0v) is 19.8. The SMILES string of the molecule is CCNC(=O)c1cc(NC(=O)COc2ccc(CC)cc2)cc(NC(=O)c2ccc(CO)cc2)c1. The summed E-state index contributed by atoms with van der Waals surface area (Å²) < 4.78 is 5.55. The molecule has 0 unspecified atom stereocenters. The predicted molar refractivity (Wildman–Crippen MR) is 135 cm³/mol. The number of amides is 3. The van der Waals surface area contributed by atoms with Crippen LogP contribution in [0, 0.1) is 0 Å². The molecule has 3 aromatic rings. The fourth-order valence-corrected chi connectivity index (χ4v) is 3.30. The Morgan fingerprint density at radius 1 is 0.771 bits per heavy atom. The molecular formula is C27H29N3O5. The maximum atomic E-state index is 12.7. The average Bonchev–Trinajstić information content (AvgIpc) is 2.87. The fourth-order valence-electron chi connectivity index (χ4n) is 3.30. The van der Waals surface area contributed by atoms with Crippen molar-refractivity contribution in [3.8, 4) is 5.75 Å². The molecule has 0 bridgehead atoms. The molecule has 4 N–H and O–H groups in total. The molecule has 0 aromatic heterocycles. The van der Waals surface area contributed by atoms with Gasteiger partial charge in [0.25, 0.3) is 17.7 Å². The highest BCUT2D eigenvalue weighted by atomic mass is 16.5. The number of aryl methyl sites for hydroxylation is 1. The van der Waals surface area contributed by atoms with Crippen LogP contribution >= 0.6 is 0 Å². The second-order valence-corrected chi connectivity index (χ2v) is 7.80. The lowest BCUT2D eigenvalue weighted by atomic mass is 10.1. The summed E-state index contributed by atoms with van der Waals surface area (Å²) in [6.07, 6.45) is 0.912. The van der Waals surface area contributed by atoms with E-state index in [1.807, 2.05) is 24.3 Å². The van der Waals surface area contributed by atoms with Crippen LogP contribution in [0.3, 0.4) is 0 Å². The van der Waals surface area contributed by atoms with Gasteiger partial charge in [0, 0.05) is 29.0 Å². The zero-order chi connectivity index (χ0) is 25.2. The van der Waals surface area contributed by atoms with Crippen LogP contribution in [0.2, 0.25) is 0 Å². The van der Waals surface area contributed by atoms with Crippen molar-refractivity contribution in [1.82, 2.24) is 5.32 Å². The summed E-state index contributed by atoms with van der Waals surface area (Å²) in [5.74, 6) is -0.555. The van der Waals surface area contributed by atoms with Crippen LogP contribution in [0.1, 0.15) is 45.7 Å². The minimum atomic E-state index is -0.408. The number of carbonyl (C=O) groups is 3. The lowest BCUT2D eigenvalue weighted by Crippen LogP contribution is -2.24. The van der Waals surface area contributed by atoms with Crippen molar-refractivity contribution in [2.75, 3.05) is 23.8 Å². The molecule has 0 radical (unpaired) electrons. The smallest absolute Gasteiger partial charge is 0.262 e. The molecule has 0 heterocycles. The Morgan fingerprint density at radius 3 is 2.00 bits per heavy atom. The number of nitrogens with one attached hydrogen (secondary N) is 3. The van der Waals surface area contributed by atoms with Crippen LogP contribution in [0.15, 0.2) is 66.7 Å². The number of aliphatic hydroxyl groups excluding tert-OH is 1. The number of rotatable bonds is 10. The Hall–Kier alpha value is -4.17. The van der Waals surface area contributed by atoms with Gasteiger partial charge in [-0.15, -0.1) is 0 Å². The molecule has 0 spiro atoms. The molecule has 8 nitrogen and oxygen atoms in total. The van der Waals surface area contributed by atoms with Gasteiger partial charge in [-0.3, -0.25) is 14.4 Å². The predicted octanol–water partition coefficient (Wildman–Crippen LogP) is 3.76. The second-order valence-electron chi connectivity index (χ2n) is 7.80. The maximum Gasteiger partial charge on any atom is 0.262 e. The van der Waals surface area contributed by atoms with Crippen LogP contribution in [0.4, 0.5) is 11.4 Å². The number of anilines is 2. The first-order chi connectivity index (χ1) is 16.9. The van der Waals surface area contributed by atoms with E-state index in [0.717, 1.165) is 6.42 Å². The molecule has 0 aliphatic heterocycles. The van der Waals surface area contributed by atoms with Gasteiger partial charge in [-0.1, -0.05) is 31.2 Å². The summed E-state index contributed by atoms with van der Waals surface area (Å²) >= 11 is 0. The third-order valence-electron chi connectivity index (χ3n) is 5.17. The molecule has 0 atom stereocenters. The molecule has 182 valence electrons. The highest BCUT2D eigenvalue weighted by Crippen LogP contribution is 2.21. The van der Waals surface area contributed by atoms with Crippen LogP contribution in [-0.4, -0.2) is 36.0 Å². The summed E-state index contributed by atoms with van der Waals surface area (Å²) in [5, 5.41) is 17.4. The van der Waals surface area contributed by atoms with Crippen molar-refractivity contribution < 1.29 is 24.2 Å². The number of aliphatic hydroxyl groups is 1. The summed E-state index contributed by atoms with van der Waals surface area (Å²) in [5.41, 5.74) is 3.22. The third-order valence-corrected chi connectivity index (χ3v) is 5.17. The molecule has 35 heavy (non-hydrogen) atoms. The Labute approximate surface area is 204 Å². The van der Waals surface area contributed by atoms with Crippen LogP contribution in [0.5, 0.6) is 5.75 Å². The number of benzene rings is 3. The first-order valence-electron chi connectivity index (χ1n) is 11.4. The minimum absolute atomic E-state index is 0.118. The van der Waals surface area contributed by atoms with Gasteiger partial charge >= 0.3 is 0 Å². The van der Waals surface area contributed by atoms with Gasteiger partial charge in [0.05, 0.1) is 6.61 Å². The van der Waals surface area contributed by atoms with Gasteiger partial charge in [0.2, 0.25) is 0 Å². The number of hydrogen-bond donors (Lipinski definition) is 4. The fraction of sp³-hybridized carbons (Fsp3) is 0.222. The molecule has 0 saturated heterocycles. The van der Waals surface area contributed by atoms with Crippen molar-refractivity contribution in [2.45, 2.75) is 26.9 Å². The van der Waals surface area contributed by atoms with Gasteiger partial charge in [-0.05, 0) is 66.9 Å². The molecule has 3 rings (SSSR count). The summed E-state index contributed by atoms with van der Waals surface area (Å²) in [6, 6.07) is 18.6. The normalized spacial score (nSPS) is 10.4. The standard InChI is InChI=1S/C27H29N3O5/c1-3-18-7-11-24(12-8-18)35-17-25(32)29-22-13-21(26(33)28-4-2)14-23(15-22)30-27(34)20-9-5-19(16-31)6-10-20/h5-15,31H,3-4,16-17H2,1-2H3,(H,28,33)(H,29,32)(H,30,34). The van der Waals surface area contributed by atoms with Gasteiger partial charge in [0.1, 0.15) is 5.75 Å². The Bertz CT molecular complexity index is 1170. The molecule has 3 aromatic carbocycles. The first-order valence-corrected chi connectivity index (χ1v) is 11.4. The lowest BCUT2D eigenvalue weighted by molar-refractivity contribution is -0.118. The number of carbonyl (C=O) groups excluding carboxylic acids is 3. The van der Waals surface area contributed by atoms with Gasteiger partial charge in [-0.25, -0.2) is 0 Å². The van der Waals surface area contributed by atoms with Gasteiger partial charge < -0.3 is 25.8 Å². The van der Waals surface area contributed by atoms with Crippen molar-refractivity contribution in [3.63, 3.8) is 0 Å². The van der Waals surface area contributed by atoms with Crippen LogP contribution in [0.25, 0.3) is 0 Å². The van der Waals surface area contributed by atoms with E-state index < -0.39 is 11.8 Å². The zero-order valence-electron chi connectivity index (χ0n) is 19.8. The summed E-state index contributed by atoms with van der Waals surface area (Å²) in [4.78, 5) is 37.6. The van der Waals surface area contributed by atoms with Crippen LogP contribution < -0.4 is 20.7 Å². The van der Waals surface area contributed by atoms with Crippen molar-refractivity contribution in [1.29, 1.82) is 0 Å². The van der Waals surface area contributed by atoms with Crippen molar-refractivity contribution in [2.24, 2.45) is 0 Å². The van der Waals surface area contributed by atoms with E-state index in [-0.39, 0.29) is 24.7 Å². The molecule has 8 heteroatoms. The molecule has 0 aliphatic rings. The van der Waals surface area contributed by atoms with Crippen molar-refractivity contribution >= 4 is 29.1 Å². The van der Waals surface area contributed by atoms with E-state index in [0.29, 0.717) is 34.8 Å². The number of ether oxygens (including phenoxy) is 1. The largest absolute Gasteiger partial charge is 0.484 e. The molecule has 3 amide bonds. The van der Waals surface area contributed by atoms with E-state index in [1.165, 1.54) is 17.7 Å². The van der Waals surface area contributed by atoms with Crippen molar-refractivity contribution in [3.05, 3.63) is 89.0 Å². The minimum Gasteiger partial charge on any atom is -0.484 e. The Balaban J connectivity index is 1.73. The molecule has 0 aliphatic carbocycles. The highest BCUT2D eigenvalue weighted by Gasteiger charge is 2.13. The Morgan fingerprint density at radius 2 is 1.40 bits per heavy atom. The summed E-state index contributed by atoms with van der Waals surface area (Å²) in [6.45, 7) is 3.95. The van der Waals surface area contributed by atoms with E-state index in [1.54, 1.807) is 37.3 Å². The van der Waals surface area contributed by atoms with Crippen LogP contribution in [-0.2, 0) is 17.8 Å². The van der Waals surface area contributed by atoms with E-state index >= 15 is 0 Å². The second kappa shape index (κ2) is 12.3. The number of hydrogen-bond acceptors (Lipinski definition) is 5. The van der Waals surface area contributed by atoms with E-state index in [2.05, 4.69) is 22.9 Å². The summed E-state index contributed by atoms with van der Waals surface area (Å²) in [7, 11) is 0. The average molecular weight is 476 g/mol. The molecule has 0 saturated carbocycles. The molecule has 0 fully saturated rings. The quantitative estimate of drug-likeness (QED) is 0.356. The first kappa shape index (κ1) is 25.5. The van der Waals surface area contributed by atoms with Gasteiger partial charge in [0.15, 0.2) is 6.61 Å². The maximum absolute atomic E-state index is 12.7. The third kappa shape index (κ3) is 7.41. The lowest BCUT2D eigenvalue weighted by Gasteiger charge is -2.13. The van der Waals surface area contributed by atoms with E-state index in [4.69, 9.17) is 4.74 Å². The monoisotopic (exact) mass is 475 g/mol. The van der Waals surface area contributed by atoms with E-state index in [9.17, 15) is 19.5 Å².